The van der Waals surface area contributed by atoms with Crippen LogP contribution in [0.4, 0.5) is 5.69 Å². The molecule has 0 bridgehead atoms. The fourth-order valence-electron chi connectivity index (χ4n) is 1.29. The van der Waals surface area contributed by atoms with Crippen molar-refractivity contribution in [3.63, 3.8) is 0 Å². The summed E-state index contributed by atoms with van der Waals surface area (Å²) in [4.78, 5) is 3.79. The normalized spacial score (nSPS) is 13.9. The van der Waals surface area contributed by atoms with Crippen LogP contribution in [0.1, 0.15) is 18.1 Å². The maximum atomic E-state index is 9.77. The number of halogens is 1. The van der Waals surface area contributed by atoms with Gasteiger partial charge in [-0.2, -0.15) is 4.99 Å². The van der Waals surface area contributed by atoms with E-state index in [0.29, 0.717) is 23.6 Å². The fourth-order valence-corrected chi connectivity index (χ4v) is 1.62. The Balaban J connectivity index is 2.76. The van der Waals surface area contributed by atoms with Gasteiger partial charge in [0.15, 0.2) is 0 Å². The Morgan fingerprint density at radius 3 is 2.44 bits per heavy atom. The summed E-state index contributed by atoms with van der Waals surface area (Å²) in [6.45, 7) is 0. The van der Waals surface area contributed by atoms with Crippen molar-refractivity contribution >= 4 is 34.7 Å². The Hall–Kier alpha value is -0.770. The van der Waals surface area contributed by atoms with E-state index < -0.39 is 12.2 Å². The first-order valence-corrected chi connectivity index (χ1v) is 5.73. The van der Waals surface area contributed by atoms with Gasteiger partial charge in [0.2, 0.25) is 0 Å². The molecule has 0 aliphatic carbocycles. The van der Waals surface area contributed by atoms with E-state index in [-0.39, 0.29) is 0 Å². The maximum Gasteiger partial charge on any atom is 0.105 e. The Kier molecular flexibility index (Phi) is 5.60. The van der Waals surface area contributed by atoms with Crippen LogP contribution in [0.2, 0.25) is 0 Å². The van der Waals surface area contributed by atoms with E-state index in [0.717, 1.165) is 0 Å². The summed E-state index contributed by atoms with van der Waals surface area (Å²) >= 11 is 9.96. The average Bonchev–Trinajstić information content (AvgIpc) is 2.30. The van der Waals surface area contributed by atoms with Crippen LogP contribution < -0.4 is 0 Å². The zero-order valence-corrected chi connectivity index (χ0v) is 10.1. The predicted molar refractivity (Wildman–Crippen MR) is 67.4 cm³/mol. The Bertz CT molecular complexity index is 376. The molecule has 0 heterocycles. The van der Waals surface area contributed by atoms with Crippen molar-refractivity contribution in [2.45, 2.75) is 18.6 Å². The molecule has 16 heavy (non-hydrogen) atoms. The van der Waals surface area contributed by atoms with Crippen LogP contribution in [-0.2, 0) is 0 Å². The van der Waals surface area contributed by atoms with Crippen LogP contribution in [0.15, 0.2) is 29.3 Å². The minimum absolute atomic E-state index is 0.311. The summed E-state index contributed by atoms with van der Waals surface area (Å²) in [5.41, 5.74) is 1.29. The minimum Gasteiger partial charge on any atom is -0.390 e. The van der Waals surface area contributed by atoms with Crippen molar-refractivity contribution in [2.75, 3.05) is 5.88 Å². The van der Waals surface area contributed by atoms with Crippen LogP contribution >= 0.6 is 23.8 Å². The standard InChI is InChI=1S/C11H12ClNO2S/c12-6-5-10(14)11(15)8-1-3-9(4-2-8)13-7-16/h1-4,10-11,14-15H,5-6H2. The number of rotatable bonds is 5. The third kappa shape index (κ3) is 3.67. The monoisotopic (exact) mass is 257 g/mol. The summed E-state index contributed by atoms with van der Waals surface area (Å²) in [5, 5.41) is 21.6. The molecule has 0 fully saturated rings. The van der Waals surface area contributed by atoms with Crippen molar-refractivity contribution in [3.8, 4) is 0 Å². The molecule has 0 aromatic heterocycles. The lowest BCUT2D eigenvalue weighted by Crippen LogP contribution is -2.18. The first-order chi connectivity index (χ1) is 7.69. The van der Waals surface area contributed by atoms with Crippen LogP contribution in [0.3, 0.4) is 0 Å². The molecule has 2 N–H and O–H groups in total. The molecular formula is C11H12ClNO2S. The van der Waals surface area contributed by atoms with Crippen LogP contribution in [0.25, 0.3) is 0 Å². The molecular weight excluding hydrogens is 246 g/mol. The second-order valence-corrected chi connectivity index (χ2v) is 3.85. The second kappa shape index (κ2) is 6.74. The Morgan fingerprint density at radius 1 is 1.31 bits per heavy atom. The smallest absolute Gasteiger partial charge is 0.105 e. The molecule has 0 saturated carbocycles. The SMILES string of the molecule is OC(CCCl)C(O)c1ccc(N=C=S)cc1. The molecule has 0 saturated heterocycles. The summed E-state index contributed by atoms with van der Waals surface area (Å²) in [7, 11) is 0. The van der Waals surface area contributed by atoms with Crippen LogP contribution in [0.5, 0.6) is 0 Å². The first-order valence-electron chi connectivity index (χ1n) is 4.79. The maximum absolute atomic E-state index is 9.77. The van der Waals surface area contributed by atoms with Crippen LogP contribution in [0, 0.1) is 0 Å². The van der Waals surface area contributed by atoms with E-state index in [4.69, 9.17) is 11.6 Å². The molecule has 0 amide bonds. The van der Waals surface area contributed by atoms with E-state index in [1.54, 1.807) is 24.3 Å². The average molecular weight is 258 g/mol. The number of alkyl halides is 1. The highest BCUT2D eigenvalue weighted by atomic mass is 35.5. The summed E-state index contributed by atoms with van der Waals surface area (Å²) in [5.74, 6) is 0.311. The zero-order valence-electron chi connectivity index (χ0n) is 8.51. The molecule has 2 unspecified atom stereocenters. The number of hydrogen-bond acceptors (Lipinski definition) is 4. The molecule has 0 aliphatic heterocycles. The van der Waals surface area contributed by atoms with E-state index in [1.807, 2.05) is 0 Å². The van der Waals surface area contributed by atoms with Gasteiger partial charge in [-0.25, -0.2) is 0 Å². The summed E-state index contributed by atoms with van der Waals surface area (Å²) in [6.07, 6.45) is -1.43. The molecule has 3 nitrogen and oxygen atoms in total. The van der Waals surface area contributed by atoms with Crippen molar-refractivity contribution < 1.29 is 10.2 Å². The lowest BCUT2D eigenvalue weighted by molar-refractivity contribution is 0.0170. The Labute approximate surface area is 104 Å². The first kappa shape index (κ1) is 13.3. The topological polar surface area (TPSA) is 52.8 Å². The number of aliphatic imine (C=N–C) groups is 1. The van der Waals surface area contributed by atoms with Gasteiger partial charge in [-0.05, 0) is 36.3 Å². The Morgan fingerprint density at radius 2 is 1.94 bits per heavy atom. The number of hydrogen-bond donors (Lipinski definition) is 2. The van der Waals surface area contributed by atoms with Crippen LogP contribution in [-0.4, -0.2) is 27.4 Å². The number of aliphatic hydroxyl groups excluding tert-OH is 2. The third-order valence-corrected chi connectivity index (χ3v) is 2.49. The molecule has 2 atom stereocenters. The number of aliphatic hydroxyl groups is 2. The van der Waals surface area contributed by atoms with E-state index in [2.05, 4.69) is 22.4 Å². The van der Waals surface area contributed by atoms with Gasteiger partial charge in [0.25, 0.3) is 0 Å². The van der Waals surface area contributed by atoms with Gasteiger partial charge in [0.05, 0.1) is 17.0 Å². The van der Waals surface area contributed by atoms with Gasteiger partial charge in [0, 0.05) is 5.88 Å². The highest BCUT2D eigenvalue weighted by molar-refractivity contribution is 7.78. The highest BCUT2D eigenvalue weighted by Gasteiger charge is 2.17. The molecule has 1 aromatic rings. The summed E-state index contributed by atoms with van der Waals surface area (Å²) < 4.78 is 0. The van der Waals surface area contributed by atoms with Crippen molar-refractivity contribution in [1.29, 1.82) is 0 Å². The van der Waals surface area contributed by atoms with Gasteiger partial charge >= 0.3 is 0 Å². The van der Waals surface area contributed by atoms with Gasteiger partial charge in [-0.1, -0.05) is 12.1 Å². The zero-order chi connectivity index (χ0) is 12.0. The van der Waals surface area contributed by atoms with Crippen molar-refractivity contribution in [2.24, 2.45) is 4.99 Å². The lowest BCUT2D eigenvalue weighted by atomic mass is 10.0. The summed E-state index contributed by atoms with van der Waals surface area (Å²) in [6, 6.07) is 6.78. The molecule has 5 heteroatoms. The van der Waals surface area contributed by atoms with E-state index in [1.165, 1.54) is 0 Å². The van der Waals surface area contributed by atoms with E-state index in [9.17, 15) is 10.2 Å². The van der Waals surface area contributed by atoms with E-state index >= 15 is 0 Å². The quantitative estimate of drug-likeness (QED) is 0.484. The number of nitrogens with zero attached hydrogens (tertiary/aromatic N) is 1. The number of benzene rings is 1. The lowest BCUT2D eigenvalue weighted by Gasteiger charge is -2.16. The molecule has 0 aliphatic rings. The third-order valence-electron chi connectivity index (χ3n) is 2.18. The van der Waals surface area contributed by atoms with Gasteiger partial charge in [-0.15, -0.1) is 11.6 Å². The number of thiocarbonyl (C=S) groups is 1. The fraction of sp³-hybridized carbons (Fsp3) is 0.364. The largest absolute Gasteiger partial charge is 0.390 e. The minimum atomic E-state index is -0.927. The predicted octanol–water partition coefficient (Wildman–Crippen LogP) is 2.44. The highest BCUT2D eigenvalue weighted by Crippen LogP contribution is 2.22. The van der Waals surface area contributed by atoms with Gasteiger partial charge in [0.1, 0.15) is 6.10 Å². The van der Waals surface area contributed by atoms with Gasteiger partial charge in [-0.3, -0.25) is 0 Å². The van der Waals surface area contributed by atoms with Crippen molar-refractivity contribution in [1.82, 2.24) is 0 Å². The molecule has 1 aromatic carbocycles. The number of isothiocyanates is 1. The molecule has 0 spiro atoms. The molecule has 0 radical (unpaired) electrons. The van der Waals surface area contributed by atoms with Gasteiger partial charge < -0.3 is 10.2 Å². The van der Waals surface area contributed by atoms with Crippen molar-refractivity contribution in [3.05, 3.63) is 29.8 Å². The second-order valence-electron chi connectivity index (χ2n) is 3.28. The molecule has 1 rings (SSSR count). The molecule has 86 valence electrons.